The zero-order chi connectivity index (χ0) is 14.8. The van der Waals surface area contributed by atoms with E-state index in [-0.39, 0.29) is 10.6 Å². The van der Waals surface area contributed by atoms with E-state index in [0.29, 0.717) is 16.1 Å². The highest BCUT2D eigenvalue weighted by atomic mass is 35.5. The highest BCUT2D eigenvalue weighted by Crippen LogP contribution is 2.22. The van der Waals surface area contributed by atoms with E-state index in [1.54, 1.807) is 37.3 Å². The van der Waals surface area contributed by atoms with Gasteiger partial charge in [-0.1, -0.05) is 23.7 Å². The second kappa shape index (κ2) is 5.66. The first-order chi connectivity index (χ1) is 9.42. The van der Waals surface area contributed by atoms with E-state index in [1.165, 1.54) is 12.1 Å². The van der Waals surface area contributed by atoms with Gasteiger partial charge in [0.25, 0.3) is 0 Å². The van der Waals surface area contributed by atoms with Crippen LogP contribution < -0.4 is 0 Å². The minimum Gasteiger partial charge on any atom is -0.223 e. The van der Waals surface area contributed by atoms with Gasteiger partial charge < -0.3 is 0 Å². The molecule has 5 heteroatoms. The summed E-state index contributed by atoms with van der Waals surface area (Å²) in [6.45, 7) is 1.80. The van der Waals surface area contributed by atoms with Crippen molar-refractivity contribution in [1.82, 2.24) is 0 Å². The lowest BCUT2D eigenvalue weighted by molar-refractivity contribution is 0.595. The number of hydrogen-bond acceptors (Lipinski definition) is 3. The molecule has 0 saturated carbocycles. The maximum Gasteiger partial charge on any atom is 0.182 e. The molecule has 0 bridgehead atoms. The molecule has 3 nitrogen and oxygen atoms in total. The van der Waals surface area contributed by atoms with Gasteiger partial charge in [-0.05, 0) is 48.4 Å². The lowest BCUT2D eigenvalue weighted by atomic mass is 10.1. The number of aryl methyl sites for hydroxylation is 1. The van der Waals surface area contributed by atoms with Gasteiger partial charge in [-0.3, -0.25) is 0 Å². The lowest BCUT2D eigenvalue weighted by Gasteiger charge is -2.08. The predicted octanol–water partition coefficient (Wildman–Crippen LogP) is 3.49. The molecule has 0 N–H and O–H groups in total. The van der Waals surface area contributed by atoms with Gasteiger partial charge in [-0.2, -0.15) is 5.26 Å². The number of sulfone groups is 1. The van der Waals surface area contributed by atoms with E-state index in [4.69, 9.17) is 16.9 Å². The summed E-state index contributed by atoms with van der Waals surface area (Å²) in [6.07, 6.45) is 0. The molecule has 0 saturated heterocycles. The van der Waals surface area contributed by atoms with Gasteiger partial charge in [-0.25, -0.2) is 8.42 Å². The molecule has 0 fully saturated rings. The predicted molar refractivity (Wildman–Crippen MR) is 78.2 cm³/mol. The molecule has 0 aromatic heterocycles. The molecule has 0 radical (unpaired) electrons. The lowest BCUT2D eigenvalue weighted by Crippen LogP contribution is -2.06. The summed E-state index contributed by atoms with van der Waals surface area (Å²) < 4.78 is 24.7. The average molecular weight is 306 g/mol. The molecular formula is C15H12ClNO2S. The second-order valence-electron chi connectivity index (χ2n) is 4.47. The maximum atomic E-state index is 12.3. The second-order valence-corrected chi connectivity index (χ2v) is 6.90. The molecular weight excluding hydrogens is 294 g/mol. The Hall–Kier alpha value is -1.83. The zero-order valence-corrected chi connectivity index (χ0v) is 12.4. The van der Waals surface area contributed by atoms with Crippen LogP contribution in [0.15, 0.2) is 47.4 Å². The third-order valence-electron chi connectivity index (χ3n) is 2.97. The van der Waals surface area contributed by atoms with Crippen LogP contribution in [0.3, 0.4) is 0 Å². The first-order valence-electron chi connectivity index (χ1n) is 5.90. The summed E-state index contributed by atoms with van der Waals surface area (Å²) in [5, 5.41) is 9.20. The molecule has 20 heavy (non-hydrogen) atoms. The van der Waals surface area contributed by atoms with Gasteiger partial charge in [0, 0.05) is 5.02 Å². The monoisotopic (exact) mass is 305 g/mol. The summed E-state index contributed by atoms with van der Waals surface area (Å²) in [7, 11) is -3.45. The summed E-state index contributed by atoms with van der Waals surface area (Å²) in [5.74, 6) is -0.106. The van der Waals surface area contributed by atoms with Crippen LogP contribution in [0.1, 0.15) is 16.7 Å². The average Bonchev–Trinajstić information content (AvgIpc) is 2.41. The van der Waals surface area contributed by atoms with Crippen molar-refractivity contribution in [3.05, 3.63) is 64.2 Å². The Kier molecular flexibility index (Phi) is 4.12. The van der Waals surface area contributed by atoms with Crippen molar-refractivity contribution in [1.29, 1.82) is 5.26 Å². The van der Waals surface area contributed by atoms with Crippen LogP contribution in [-0.2, 0) is 15.6 Å². The van der Waals surface area contributed by atoms with Crippen molar-refractivity contribution in [3.63, 3.8) is 0 Å². The smallest absolute Gasteiger partial charge is 0.182 e. The summed E-state index contributed by atoms with van der Waals surface area (Å²) in [6, 6.07) is 13.2. The molecule has 2 aromatic rings. The topological polar surface area (TPSA) is 57.9 Å². The highest BCUT2D eigenvalue weighted by Gasteiger charge is 2.17. The molecule has 0 aliphatic rings. The Bertz CT molecular complexity index is 792. The Morgan fingerprint density at radius 1 is 1.20 bits per heavy atom. The van der Waals surface area contributed by atoms with E-state index < -0.39 is 9.84 Å². The number of halogens is 1. The first kappa shape index (κ1) is 14.6. The minimum absolute atomic E-state index is 0.106. The quantitative estimate of drug-likeness (QED) is 0.872. The van der Waals surface area contributed by atoms with Crippen LogP contribution in [0.25, 0.3) is 0 Å². The summed E-state index contributed by atoms with van der Waals surface area (Å²) in [4.78, 5) is 0.203. The van der Waals surface area contributed by atoms with E-state index >= 15 is 0 Å². The largest absolute Gasteiger partial charge is 0.223 e. The third-order valence-corrected chi connectivity index (χ3v) is 4.87. The SMILES string of the molecule is Cc1cc(C#N)ccc1CS(=O)(=O)c1cccc(Cl)c1. The number of nitrogens with zero attached hydrogens (tertiary/aromatic N) is 1. The fraction of sp³-hybridized carbons (Fsp3) is 0.133. The van der Waals surface area contributed by atoms with Crippen molar-refractivity contribution >= 4 is 21.4 Å². The van der Waals surface area contributed by atoms with Gasteiger partial charge in [0.2, 0.25) is 0 Å². The van der Waals surface area contributed by atoms with Gasteiger partial charge in [0.1, 0.15) is 0 Å². The summed E-state index contributed by atoms with van der Waals surface area (Å²) >= 11 is 5.82. The van der Waals surface area contributed by atoms with Crippen LogP contribution >= 0.6 is 11.6 Å². The fourth-order valence-corrected chi connectivity index (χ4v) is 3.62. The van der Waals surface area contributed by atoms with Crippen molar-refractivity contribution in [2.24, 2.45) is 0 Å². The van der Waals surface area contributed by atoms with Gasteiger partial charge >= 0.3 is 0 Å². The van der Waals surface area contributed by atoms with Crippen molar-refractivity contribution in [3.8, 4) is 6.07 Å². The molecule has 2 rings (SSSR count). The van der Waals surface area contributed by atoms with E-state index in [0.717, 1.165) is 5.56 Å². The van der Waals surface area contributed by atoms with E-state index in [9.17, 15) is 8.42 Å². The zero-order valence-electron chi connectivity index (χ0n) is 10.8. The minimum atomic E-state index is -3.45. The molecule has 0 atom stereocenters. The third kappa shape index (κ3) is 3.19. The van der Waals surface area contributed by atoms with Gasteiger partial charge in [-0.15, -0.1) is 0 Å². The van der Waals surface area contributed by atoms with Crippen LogP contribution in [0.5, 0.6) is 0 Å². The van der Waals surface area contributed by atoms with Crippen LogP contribution in [0, 0.1) is 18.3 Å². The normalized spacial score (nSPS) is 11.1. The van der Waals surface area contributed by atoms with Crippen LogP contribution in [0.2, 0.25) is 5.02 Å². The van der Waals surface area contributed by atoms with Crippen LogP contribution in [0.4, 0.5) is 0 Å². The standard InChI is InChI=1S/C15H12ClNO2S/c1-11-7-12(9-17)5-6-13(11)10-20(18,19)15-4-2-3-14(16)8-15/h2-8H,10H2,1H3. The highest BCUT2D eigenvalue weighted by molar-refractivity contribution is 7.90. The molecule has 0 heterocycles. The Labute approximate surface area is 123 Å². The van der Waals surface area contributed by atoms with Crippen molar-refractivity contribution in [2.75, 3.05) is 0 Å². The molecule has 0 aliphatic heterocycles. The molecule has 0 spiro atoms. The molecule has 0 amide bonds. The Morgan fingerprint density at radius 2 is 1.95 bits per heavy atom. The Morgan fingerprint density at radius 3 is 2.55 bits per heavy atom. The van der Waals surface area contributed by atoms with Gasteiger partial charge in [0.05, 0.1) is 22.3 Å². The fourth-order valence-electron chi connectivity index (χ4n) is 1.88. The molecule has 0 unspecified atom stereocenters. The van der Waals surface area contributed by atoms with E-state index in [2.05, 4.69) is 0 Å². The van der Waals surface area contributed by atoms with Crippen molar-refractivity contribution < 1.29 is 8.42 Å². The number of hydrogen-bond donors (Lipinski definition) is 0. The first-order valence-corrected chi connectivity index (χ1v) is 7.93. The number of rotatable bonds is 3. The molecule has 102 valence electrons. The molecule has 0 aliphatic carbocycles. The van der Waals surface area contributed by atoms with E-state index in [1.807, 2.05) is 6.07 Å². The molecule has 2 aromatic carbocycles. The summed E-state index contributed by atoms with van der Waals surface area (Å²) in [5.41, 5.74) is 1.99. The number of nitriles is 1. The van der Waals surface area contributed by atoms with Gasteiger partial charge in [0.15, 0.2) is 9.84 Å². The number of benzene rings is 2. The Balaban J connectivity index is 2.36. The van der Waals surface area contributed by atoms with Crippen LogP contribution in [-0.4, -0.2) is 8.42 Å². The maximum absolute atomic E-state index is 12.3. The van der Waals surface area contributed by atoms with Crippen molar-refractivity contribution in [2.45, 2.75) is 17.6 Å².